The van der Waals surface area contributed by atoms with Gasteiger partial charge in [0.15, 0.2) is 0 Å². The normalized spacial score (nSPS) is 23.1. The standard InChI is InChI=1S/C12H15N3O3/c13-12(18)10-5-9(16)7-15(10)11(17)4-8-2-1-3-14-6-8/h1-3,6,9-10,16H,4-5,7H2,(H2,13,18). The van der Waals surface area contributed by atoms with Crippen LogP contribution in [0.3, 0.4) is 0 Å². The van der Waals surface area contributed by atoms with Gasteiger partial charge in [-0.15, -0.1) is 0 Å². The lowest BCUT2D eigenvalue weighted by Crippen LogP contribution is -2.44. The highest BCUT2D eigenvalue weighted by atomic mass is 16.3. The number of β-amino-alcohol motifs (C(OH)–C–C–N with tert-alkyl or cyclic N) is 1. The fourth-order valence-electron chi connectivity index (χ4n) is 2.14. The van der Waals surface area contributed by atoms with Crippen molar-refractivity contribution >= 4 is 11.8 Å². The molecule has 2 unspecified atom stereocenters. The van der Waals surface area contributed by atoms with Gasteiger partial charge in [0.05, 0.1) is 12.5 Å². The molecule has 96 valence electrons. The molecule has 0 saturated carbocycles. The first kappa shape index (κ1) is 12.5. The van der Waals surface area contributed by atoms with E-state index in [0.717, 1.165) is 5.56 Å². The highest BCUT2D eigenvalue weighted by Gasteiger charge is 2.37. The monoisotopic (exact) mass is 249 g/mol. The van der Waals surface area contributed by atoms with Gasteiger partial charge in [0.2, 0.25) is 11.8 Å². The molecular formula is C12H15N3O3. The second-order valence-electron chi connectivity index (χ2n) is 4.39. The van der Waals surface area contributed by atoms with E-state index in [1.165, 1.54) is 4.90 Å². The van der Waals surface area contributed by atoms with Crippen molar-refractivity contribution in [2.75, 3.05) is 6.54 Å². The molecule has 1 aliphatic rings. The topological polar surface area (TPSA) is 96.5 Å². The number of rotatable bonds is 3. The number of pyridine rings is 1. The Morgan fingerprint density at radius 3 is 2.94 bits per heavy atom. The molecule has 18 heavy (non-hydrogen) atoms. The van der Waals surface area contributed by atoms with E-state index in [1.54, 1.807) is 24.5 Å². The van der Waals surface area contributed by atoms with Crippen LogP contribution in [0.2, 0.25) is 0 Å². The van der Waals surface area contributed by atoms with Crippen molar-refractivity contribution in [2.45, 2.75) is 25.0 Å². The summed E-state index contributed by atoms with van der Waals surface area (Å²) in [6.45, 7) is 0.159. The molecule has 0 aliphatic carbocycles. The Kier molecular flexibility index (Phi) is 3.57. The molecule has 2 atom stereocenters. The Labute approximate surface area is 104 Å². The number of nitrogens with two attached hydrogens (primary N) is 1. The fourth-order valence-corrected chi connectivity index (χ4v) is 2.14. The quantitative estimate of drug-likeness (QED) is 0.723. The maximum absolute atomic E-state index is 12.1. The van der Waals surface area contributed by atoms with Crippen molar-refractivity contribution in [1.82, 2.24) is 9.88 Å². The molecule has 1 aliphatic heterocycles. The van der Waals surface area contributed by atoms with E-state index in [2.05, 4.69) is 4.98 Å². The van der Waals surface area contributed by atoms with Crippen molar-refractivity contribution < 1.29 is 14.7 Å². The summed E-state index contributed by atoms with van der Waals surface area (Å²) in [6, 6.07) is 2.83. The van der Waals surface area contributed by atoms with E-state index in [4.69, 9.17) is 5.73 Å². The molecule has 1 saturated heterocycles. The summed E-state index contributed by atoms with van der Waals surface area (Å²) in [5, 5.41) is 9.52. The Balaban J connectivity index is 2.06. The van der Waals surface area contributed by atoms with Crippen LogP contribution >= 0.6 is 0 Å². The minimum Gasteiger partial charge on any atom is -0.391 e. The molecule has 2 amide bonds. The minimum absolute atomic E-state index is 0.157. The maximum Gasteiger partial charge on any atom is 0.240 e. The molecule has 2 heterocycles. The van der Waals surface area contributed by atoms with E-state index >= 15 is 0 Å². The molecule has 3 N–H and O–H groups in total. The fraction of sp³-hybridized carbons (Fsp3) is 0.417. The predicted molar refractivity (Wildman–Crippen MR) is 63.3 cm³/mol. The molecule has 0 spiro atoms. The van der Waals surface area contributed by atoms with Crippen LogP contribution < -0.4 is 5.73 Å². The third-order valence-corrected chi connectivity index (χ3v) is 3.01. The molecule has 1 aromatic heterocycles. The van der Waals surface area contributed by atoms with Crippen LogP contribution in [0.25, 0.3) is 0 Å². The van der Waals surface area contributed by atoms with Gasteiger partial charge in [0, 0.05) is 25.4 Å². The zero-order valence-corrected chi connectivity index (χ0v) is 9.82. The van der Waals surface area contributed by atoms with Gasteiger partial charge in [-0.2, -0.15) is 0 Å². The summed E-state index contributed by atoms with van der Waals surface area (Å²) in [4.78, 5) is 28.5. The Morgan fingerprint density at radius 1 is 1.56 bits per heavy atom. The molecule has 0 aromatic carbocycles. The molecule has 0 radical (unpaired) electrons. The molecule has 0 bridgehead atoms. The van der Waals surface area contributed by atoms with Crippen LogP contribution in [-0.2, 0) is 16.0 Å². The predicted octanol–water partition coefficient (Wildman–Crippen LogP) is -0.929. The second kappa shape index (κ2) is 5.14. The number of amides is 2. The first-order valence-corrected chi connectivity index (χ1v) is 5.73. The summed E-state index contributed by atoms with van der Waals surface area (Å²) in [7, 11) is 0. The number of likely N-dealkylation sites (tertiary alicyclic amines) is 1. The molecular weight excluding hydrogens is 234 g/mol. The maximum atomic E-state index is 12.1. The number of primary amides is 1. The average molecular weight is 249 g/mol. The lowest BCUT2D eigenvalue weighted by molar-refractivity contribution is -0.136. The van der Waals surface area contributed by atoms with Gasteiger partial charge in [0.1, 0.15) is 6.04 Å². The van der Waals surface area contributed by atoms with Gasteiger partial charge >= 0.3 is 0 Å². The number of aliphatic hydroxyl groups is 1. The largest absolute Gasteiger partial charge is 0.391 e. The van der Waals surface area contributed by atoms with Gasteiger partial charge in [0.25, 0.3) is 0 Å². The Hall–Kier alpha value is -1.95. The van der Waals surface area contributed by atoms with Gasteiger partial charge < -0.3 is 15.7 Å². The molecule has 1 aromatic rings. The van der Waals surface area contributed by atoms with Crippen LogP contribution in [0.5, 0.6) is 0 Å². The zero-order chi connectivity index (χ0) is 13.1. The average Bonchev–Trinajstić information content (AvgIpc) is 2.73. The summed E-state index contributed by atoms with van der Waals surface area (Å²) in [5.74, 6) is -0.797. The van der Waals surface area contributed by atoms with Crippen molar-refractivity contribution in [3.8, 4) is 0 Å². The van der Waals surface area contributed by atoms with E-state index in [0.29, 0.717) is 0 Å². The lowest BCUT2D eigenvalue weighted by atomic mass is 10.1. The smallest absolute Gasteiger partial charge is 0.240 e. The van der Waals surface area contributed by atoms with Gasteiger partial charge in [-0.3, -0.25) is 14.6 Å². The number of nitrogens with zero attached hydrogens (tertiary/aromatic N) is 2. The van der Waals surface area contributed by atoms with Crippen LogP contribution in [-0.4, -0.2) is 45.5 Å². The minimum atomic E-state index is -0.704. The Morgan fingerprint density at radius 2 is 2.33 bits per heavy atom. The summed E-state index contributed by atoms with van der Waals surface area (Å²) < 4.78 is 0. The molecule has 6 nitrogen and oxygen atoms in total. The zero-order valence-electron chi connectivity index (χ0n) is 9.82. The van der Waals surface area contributed by atoms with Crippen LogP contribution in [0.4, 0.5) is 0 Å². The molecule has 2 rings (SSSR count). The van der Waals surface area contributed by atoms with Crippen molar-refractivity contribution in [1.29, 1.82) is 0 Å². The number of aliphatic hydroxyl groups excluding tert-OH is 1. The molecule has 6 heteroatoms. The summed E-state index contributed by atoms with van der Waals surface area (Å²) in [6.07, 6.45) is 2.92. The van der Waals surface area contributed by atoms with Crippen molar-refractivity contribution in [3.63, 3.8) is 0 Å². The van der Waals surface area contributed by atoms with E-state index in [-0.39, 0.29) is 25.3 Å². The number of carbonyl (C=O) groups excluding carboxylic acids is 2. The van der Waals surface area contributed by atoms with E-state index < -0.39 is 18.1 Å². The number of aromatic nitrogens is 1. The third kappa shape index (κ3) is 2.65. The number of hydrogen-bond donors (Lipinski definition) is 2. The lowest BCUT2D eigenvalue weighted by Gasteiger charge is -2.21. The SMILES string of the molecule is NC(=O)C1CC(O)CN1C(=O)Cc1cccnc1. The third-order valence-electron chi connectivity index (χ3n) is 3.01. The number of hydrogen-bond acceptors (Lipinski definition) is 4. The highest BCUT2D eigenvalue weighted by Crippen LogP contribution is 2.18. The first-order valence-electron chi connectivity index (χ1n) is 5.73. The van der Waals surface area contributed by atoms with E-state index in [1.807, 2.05) is 0 Å². The van der Waals surface area contributed by atoms with Gasteiger partial charge in [-0.05, 0) is 11.6 Å². The molecule has 1 fully saturated rings. The van der Waals surface area contributed by atoms with Crippen molar-refractivity contribution in [2.24, 2.45) is 5.73 Å². The van der Waals surface area contributed by atoms with Crippen LogP contribution in [0.1, 0.15) is 12.0 Å². The van der Waals surface area contributed by atoms with E-state index in [9.17, 15) is 14.7 Å². The van der Waals surface area contributed by atoms with Crippen LogP contribution in [0.15, 0.2) is 24.5 Å². The Bertz CT molecular complexity index is 449. The van der Waals surface area contributed by atoms with Gasteiger partial charge in [-0.1, -0.05) is 6.07 Å². The number of carbonyl (C=O) groups is 2. The first-order chi connectivity index (χ1) is 8.58. The second-order valence-corrected chi connectivity index (χ2v) is 4.39. The highest BCUT2D eigenvalue weighted by molar-refractivity contribution is 5.88. The van der Waals surface area contributed by atoms with Gasteiger partial charge in [-0.25, -0.2) is 0 Å². The summed E-state index contributed by atoms with van der Waals surface area (Å²) in [5.41, 5.74) is 6.00. The van der Waals surface area contributed by atoms with Crippen LogP contribution in [0, 0.1) is 0 Å². The summed E-state index contributed by atoms with van der Waals surface area (Å²) >= 11 is 0. The van der Waals surface area contributed by atoms with Crippen molar-refractivity contribution in [3.05, 3.63) is 30.1 Å².